The van der Waals surface area contributed by atoms with E-state index in [9.17, 15) is 4.79 Å². The van der Waals surface area contributed by atoms with Gasteiger partial charge in [0.25, 0.3) is 0 Å². The van der Waals surface area contributed by atoms with Gasteiger partial charge in [0.2, 0.25) is 11.9 Å². The zero-order valence-corrected chi connectivity index (χ0v) is 18.1. The second-order valence-electron chi connectivity index (χ2n) is 7.06. The predicted molar refractivity (Wildman–Crippen MR) is 123 cm³/mol. The molecular formula is C21H25N7O2S. The highest BCUT2D eigenvalue weighted by atomic mass is 32.1. The first kappa shape index (κ1) is 21.2. The monoisotopic (exact) mass is 439 g/mol. The Kier molecular flexibility index (Phi) is 6.70. The maximum Gasteiger partial charge on any atom is 0.227 e. The molecule has 4 rings (SSSR count). The standard InChI is InChI=1S/C21H25N7O2S/c1-14-19(31-21(24-14)27-18(29)6-8-22)17-7-9-23-20(26-17)25-15-2-4-16(5-3-15)28-10-12-30-13-11-28/h2-5,7,9H,6,8,10-13,22H2,1H3,(H,23,25,26)(H,24,27,29). The molecule has 31 heavy (non-hydrogen) atoms. The van der Waals surface area contributed by atoms with Crippen LogP contribution < -0.4 is 21.3 Å². The van der Waals surface area contributed by atoms with Gasteiger partial charge in [-0.1, -0.05) is 11.3 Å². The smallest absolute Gasteiger partial charge is 0.227 e. The number of nitrogens with one attached hydrogen (secondary N) is 2. The Bertz CT molecular complexity index is 1030. The van der Waals surface area contributed by atoms with Gasteiger partial charge in [-0.15, -0.1) is 0 Å². The Morgan fingerprint density at radius 2 is 1.97 bits per heavy atom. The van der Waals surface area contributed by atoms with Gasteiger partial charge in [-0.25, -0.2) is 15.0 Å². The third-order valence-electron chi connectivity index (χ3n) is 4.80. The van der Waals surface area contributed by atoms with Crippen molar-refractivity contribution in [3.63, 3.8) is 0 Å². The van der Waals surface area contributed by atoms with Gasteiger partial charge in [-0.05, 0) is 37.3 Å². The number of hydrogen-bond donors (Lipinski definition) is 3. The number of anilines is 4. The zero-order valence-electron chi connectivity index (χ0n) is 17.3. The Balaban J connectivity index is 1.46. The molecule has 0 aliphatic carbocycles. The van der Waals surface area contributed by atoms with E-state index in [1.807, 2.05) is 25.1 Å². The van der Waals surface area contributed by atoms with Gasteiger partial charge < -0.3 is 26.0 Å². The molecule has 0 saturated carbocycles. The molecule has 0 atom stereocenters. The number of nitrogens with zero attached hydrogens (tertiary/aromatic N) is 4. The average molecular weight is 440 g/mol. The first-order valence-electron chi connectivity index (χ1n) is 10.1. The molecule has 9 nitrogen and oxygen atoms in total. The molecule has 0 radical (unpaired) electrons. The summed E-state index contributed by atoms with van der Waals surface area (Å²) in [6.07, 6.45) is 1.97. The molecule has 1 aromatic carbocycles. The number of carbonyl (C=O) groups is 1. The minimum absolute atomic E-state index is 0.145. The second-order valence-corrected chi connectivity index (χ2v) is 8.06. The van der Waals surface area contributed by atoms with E-state index in [0.717, 1.165) is 48.3 Å². The van der Waals surface area contributed by atoms with E-state index in [2.05, 4.69) is 42.6 Å². The van der Waals surface area contributed by atoms with E-state index in [-0.39, 0.29) is 12.3 Å². The van der Waals surface area contributed by atoms with Crippen molar-refractivity contribution in [2.24, 2.45) is 5.73 Å². The highest BCUT2D eigenvalue weighted by Gasteiger charge is 2.14. The van der Waals surface area contributed by atoms with Crippen LogP contribution in [0.25, 0.3) is 10.6 Å². The zero-order chi connectivity index (χ0) is 21.6. The number of nitrogens with two attached hydrogens (primary N) is 1. The van der Waals surface area contributed by atoms with Crippen LogP contribution >= 0.6 is 11.3 Å². The van der Waals surface area contributed by atoms with Crippen molar-refractivity contribution in [1.82, 2.24) is 15.0 Å². The second kappa shape index (κ2) is 9.82. The lowest BCUT2D eigenvalue weighted by Crippen LogP contribution is -2.36. The number of amides is 1. The molecule has 4 N–H and O–H groups in total. The molecule has 1 fully saturated rings. The van der Waals surface area contributed by atoms with Crippen LogP contribution in [0.3, 0.4) is 0 Å². The third-order valence-corrected chi connectivity index (χ3v) is 5.90. The number of hydrogen-bond acceptors (Lipinski definition) is 9. The summed E-state index contributed by atoms with van der Waals surface area (Å²) >= 11 is 1.38. The molecule has 0 bridgehead atoms. The number of rotatable bonds is 7. The van der Waals surface area contributed by atoms with E-state index in [1.165, 1.54) is 17.0 Å². The van der Waals surface area contributed by atoms with Gasteiger partial charge in [-0.3, -0.25) is 4.79 Å². The average Bonchev–Trinajstić information content (AvgIpc) is 3.15. The van der Waals surface area contributed by atoms with Crippen molar-refractivity contribution >= 4 is 39.7 Å². The van der Waals surface area contributed by atoms with Crippen molar-refractivity contribution < 1.29 is 9.53 Å². The third kappa shape index (κ3) is 5.35. The minimum Gasteiger partial charge on any atom is -0.378 e. The van der Waals surface area contributed by atoms with Crippen LogP contribution in [0, 0.1) is 6.92 Å². The number of benzene rings is 1. The van der Waals surface area contributed by atoms with Gasteiger partial charge in [0.1, 0.15) is 0 Å². The Morgan fingerprint density at radius 3 is 2.71 bits per heavy atom. The number of aromatic nitrogens is 3. The fourth-order valence-electron chi connectivity index (χ4n) is 3.25. The van der Waals surface area contributed by atoms with Crippen LogP contribution in [0.1, 0.15) is 12.1 Å². The molecule has 3 heterocycles. The number of aryl methyl sites for hydroxylation is 1. The van der Waals surface area contributed by atoms with Gasteiger partial charge in [0.05, 0.1) is 29.5 Å². The van der Waals surface area contributed by atoms with Crippen molar-refractivity contribution in [2.75, 3.05) is 48.4 Å². The summed E-state index contributed by atoms with van der Waals surface area (Å²) in [7, 11) is 0. The molecular weight excluding hydrogens is 414 g/mol. The minimum atomic E-state index is -0.145. The van der Waals surface area contributed by atoms with Gasteiger partial charge in [-0.2, -0.15) is 0 Å². The first-order valence-corrected chi connectivity index (χ1v) is 10.9. The van der Waals surface area contributed by atoms with Crippen LogP contribution in [0.4, 0.5) is 22.5 Å². The van der Waals surface area contributed by atoms with Crippen LogP contribution in [0.5, 0.6) is 0 Å². The van der Waals surface area contributed by atoms with Gasteiger partial charge >= 0.3 is 0 Å². The molecule has 1 saturated heterocycles. The van der Waals surface area contributed by atoms with E-state index in [0.29, 0.717) is 17.6 Å². The summed E-state index contributed by atoms with van der Waals surface area (Å²) in [5.41, 5.74) is 9.05. The van der Waals surface area contributed by atoms with Crippen LogP contribution in [-0.4, -0.2) is 53.7 Å². The summed E-state index contributed by atoms with van der Waals surface area (Å²) in [4.78, 5) is 28.4. The fourth-order valence-corrected chi connectivity index (χ4v) is 4.20. The Morgan fingerprint density at radius 1 is 1.19 bits per heavy atom. The van der Waals surface area contributed by atoms with E-state index < -0.39 is 0 Å². The maximum absolute atomic E-state index is 11.8. The molecule has 0 unspecified atom stereocenters. The number of ether oxygens (including phenoxy) is 1. The topological polar surface area (TPSA) is 118 Å². The highest BCUT2D eigenvalue weighted by Crippen LogP contribution is 2.32. The van der Waals surface area contributed by atoms with E-state index in [1.54, 1.807) is 6.20 Å². The lowest BCUT2D eigenvalue weighted by molar-refractivity contribution is -0.116. The SMILES string of the molecule is Cc1nc(NC(=O)CCN)sc1-c1ccnc(Nc2ccc(N3CCOCC3)cc2)n1. The number of thiazole rings is 1. The molecule has 162 valence electrons. The van der Waals surface area contributed by atoms with Crippen LogP contribution in [0.2, 0.25) is 0 Å². The summed E-state index contributed by atoms with van der Waals surface area (Å²) in [5.74, 6) is 0.353. The molecule has 1 aliphatic rings. The quantitative estimate of drug-likeness (QED) is 0.514. The summed E-state index contributed by atoms with van der Waals surface area (Å²) in [6.45, 7) is 5.52. The molecule has 1 aliphatic heterocycles. The lowest BCUT2D eigenvalue weighted by atomic mass is 10.2. The van der Waals surface area contributed by atoms with Gasteiger partial charge in [0, 0.05) is 43.6 Å². The van der Waals surface area contributed by atoms with Gasteiger partial charge in [0.15, 0.2) is 5.13 Å². The number of carbonyl (C=O) groups excluding carboxylic acids is 1. The number of morpholine rings is 1. The highest BCUT2D eigenvalue weighted by molar-refractivity contribution is 7.19. The lowest BCUT2D eigenvalue weighted by Gasteiger charge is -2.28. The summed E-state index contributed by atoms with van der Waals surface area (Å²) < 4.78 is 5.41. The maximum atomic E-state index is 11.8. The summed E-state index contributed by atoms with van der Waals surface area (Å²) in [6, 6.07) is 10.0. The normalized spacial score (nSPS) is 13.8. The van der Waals surface area contributed by atoms with Crippen LogP contribution in [0.15, 0.2) is 36.5 Å². The Labute approximate surface area is 184 Å². The molecule has 10 heteroatoms. The predicted octanol–water partition coefficient (Wildman–Crippen LogP) is 2.78. The van der Waals surface area contributed by atoms with Crippen LogP contribution in [-0.2, 0) is 9.53 Å². The molecule has 1 amide bonds. The van der Waals surface area contributed by atoms with Crippen molar-refractivity contribution in [1.29, 1.82) is 0 Å². The van der Waals surface area contributed by atoms with E-state index in [4.69, 9.17) is 10.5 Å². The molecule has 0 spiro atoms. The Hall–Kier alpha value is -3.08. The van der Waals surface area contributed by atoms with Crippen molar-refractivity contribution in [3.8, 4) is 10.6 Å². The van der Waals surface area contributed by atoms with Crippen molar-refractivity contribution in [3.05, 3.63) is 42.2 Å². The fraction of sp³-hybridized carbons (Fsp3) is 0.333. The molecule has 2 aromatic heterocycles. The largest absolute Gasteiger partial charge is 0.378 e. The molecule has 3 aromatic rings. The first-order chi connectivity index (χ1) is 15.1. The van der Waals surface area contributed by atoms with E-state index >= 15 is 0 Å². The van der Waals surface area contributed by atoms with Crippen molar-refractivity contribution in [2.45, 2.75) is 13.3 Å². The summed E-state index contributed by atoms with van der Waals surface area (Å²) in [5, 5.41) is 6.57.